The summed E-state index contributed by atoms with van der Waals surface area (Å²) in [5.41, 5.74) is 1.22. The maximum Gasteiger partial charge on any atom is 0.265 e. The average molecular weight is 361 g/mol. The Morgan fingerprint density at radius 1 is 1.28 bits per heavy atom. The fourth-order valence-electron chi connectivity index (χ4n) is 2.50. The summed E-state index contributed by atoms with van der Waals surface area (Å²) in [6.45, 7) is 2.32. The summed E-state index contributed by atoms with van der Waals surface area (Å²) >= 11 is 5.80. The van der Waals surface area contributed by atoms with E-state index >= 15 is 0 Å². The Morgan fingerprint density at radius 2 is 2.04 bits per heavy atom. The van der Waals surface area contributed by atoms with Crippen LogP contribution in [0.3, 0.4) is 0 Å². The molecule has 0 atom stereocenters. The highest BCUT2D eigenvalue weighted by atomic mass is 35.5. The van der Waals surface area contributed by atoms with Crippen molar-refractivity contribution < 1.29 is 19.1 Å². The molecule has 25 heavy (non-hydrogen) atoms. The zero-order valence-electron chi connectivity index (χ0n) is 13.6. The van der Waals surface area contributed by atoms with Crippen LogP contribution in [-0.4, -0.2) is 31.6 Å². The van der Waals surface area contributed by atoms with Crippen LogP contribution in [0, 0.1) is 0 Å². The van der Waals surface area contributed by atoms with Crippen molar-refractivity contribution >= 4 is 34.8 Å². The summed E-state index contributed by atoms with van der Waals surface area (Å²) in [7, 11) is 0. The number of carbonyl (C=O) groups excluding carboxylic acids is 2. The summed E-state index contributed by atoms with van der Waals surface area (Å²) in [5.74, 6) is 0.767. The zero-order chi connectivity index (χ0) is 17.8. The predicted octanol–water partition coefficient (Wildman–Crippen LogP) is 3.10. The fraction of sp³-hybridized carbons (Fsp3) is 0.222. The first-order valence-electron chi connectivity index (χ1n) is 7.82. The largest absolute Gasteiger partial charge is 0.484 e. The standard InChI is InChI=1S/C18H17ClN2O4/c1-2-21-15-9-13(5-8-16(15)25-11-18(21)23)20-17(22)10-24-14-6-3-12(19)4-7-14/h3-9H,2,10-11H2,1H3,(H,20,22). The lowest BCUT2D eigenvalue weighted by Gasteiger charge is -2.28. The van der Waals surface area contributed by atoms with Gasteiger partial charge in [0.05, 0.1) is 5.69 Å². The van der Waals surface area contributed by atoms with Crippen LogP contribution in [0.2, 0.25) is 5.02 Å². The third-order valence-corrected chi connectivity index (χ3v) is 3.94. The van der Waals surface area contributed by atoms with Gasteiger partial charge < -0.3 is 19.7 Å². The molecule has 0 spiro atoms. The number of hydrogen-bond acceptors (Lipinski definition) is 4. The highest BCUT2D eigenvalue weighted by Gasteiger charge is 2.24. The van der Waals surface area contributed by atoms with E-state index in [0.717, 1.165) is 0 Å². The number of fused-ring (bicyclic) bond motifs is 1. The van der Waals surface area contributed by atoms with Crippen LogP contribution in [0.15, 0.2) is 42.5 Å². The van der Waals surface area contributed by atoms with Gasteiger partial charge in [-0.05, 0) is 49.4 Å². The SMILES string of the molecule is CCN1C(=O)COc2ccc(NC(=O)COc3ccc(Cl)cc3)cc21. The number of rotatable bonds is 5. The Morgan fingerprint density at radius 3 is 2.76 bits per heavy atom. The van der Waals surface area contributed by atoms with E-state index in [1.807, 2.05) is 6.92 Å². The summed E-state index contributed by atoms with van der Waals surface area (Å²) in [4.78, 5) is 25.6. The molecule has 2 aromatic rings. The summed E-state index contributed by atoms with van der Waals surface area (Å²) in [6.07, 6.45) is 0. The lowest BCUT2D eigenvalue weighted by Crippen LogP contribution is -2.38. The van der Waals surface area contributed by atoms with Gasteiger partial charge in [0.1, 0.15) is 11.5 Å². The third-order valence-electron chi connectivity index (χ3n) is 3.69. The number of anilines is 2. The minimum absolute atomic E-state index is 0.0292. The van der Waals surface area contributed by atoms with Crippen molar-refractivity contribution in [1.29, 1.82) is 0 Å². The maximum absolute atomic E-state index is 12.1. The van der Waals surface area contributed by atoms with Gasteiger partial charge >= 0.3 is 0 Å². The van der Waals surface area contributed by atoms with Crippen molar-refractivity contribution in [3.63, 3.8) is 0 Å². The first-order chi connectivity index (χ1) is 12.1. The molecule has 0 radical (unpaired) electrons. The van der Waals surface area contributed by atoms with Gasteiger partial charge in [-0.1, -0.05) is 11.6 Å². The van der Waals surface area contributed by atoms with Gasteiger partial charge in [0.2, 0.25) is 0 Å². The fourth-order valence-corrected chi connectivity index (χ4v) is 2.63. The molecule has 0 fully saturated rings. The predicted molar refractivity (Wildman–Crippen MR) is 95.5 cm³/mol. The van der Waals surface area contributed by atoms with Crippen LogP contribution in [0.5, 0.6) is 11.5 Å². The quantitative estimate of drug-likeness (QED) is 0.889. The highest BCUT2D eigenvalue weighted by molar-refractivity contribution is 6.30. The molecule has 2 amide bonds. The molecule has 2 aromatic carbocycles. The van der Waals surface area contributed by atoms with Crippen LogP contribution < -0.4 is 19.7 Å². The van der Waals surface area contributed by atoms with Gasteiger partial charge in [-0.25, -0.2) is 0 Å². The number of carbonyl (C=O) groups is 2. The third kappa shape index (κ3) is 4.03. The number of benzene rings is 2. The van der Waals surface area contributed by atoms with E-state index in [2.05, 4.69) is 5.32 Å². The second-order valence-corrected chi connectivity index (χ2v) is 5.84. The molecule has 0 bridgehead atoms. The van der Waals surface area contributed by atoms with Crippen LogP contribution in [0.25, 0.3) is 0 Å². The van der Waals surface area contributed by atoms with Crippen molar-refractivity contribution in [2.75, 3.05) is 30.0 Å². The smallest absolute Gasteiger partial charge is 0.265 e. The zero-order valence-corrected chi connectivity index (χ0v) is 14.4. The summed E-state index contributed by atoms with van der Waals surface area (Å²) in [5, 5.41) is 3.35. The van der Waals surface area contributed by atoms with Crippen molar-refractivity contribution in [1.82, 2.24) is 0 Å². The van der Waals surface area contributed by atoms with E-state index in [4.69, 9.17) is 21.1 Å². The minimum atomic E-state index is -0.305. The van der Waals surface area contributed by atoms with Gasteiger partial charge in [0.25, 0.3) is 11.8 Å². The number of halogens is 1. The van der Waals surface area contributed by atoms with Crippen LogP contribution >= 0.6 is 11.6 Å². The Kier molecular flexibility index (Phi) is 5.09. The molecule has 1 aliphatic rings. The van der Waals surface area contributed by atoms with Crippen LogP contribution in [0.4, 0.5) is 11.4 Å². The molecule has 6 nitrogen and oxygen atoms in total. The Labute approximate surface area is 150 Å². The number of amides is 2. The molecular formula is C18H17ClN2O4. The van der Waals surface area contributed by atoms with Crippen molar-refractivity contribution in [3.8, 4) is 11.5 Å². The molecule has 130 valence electrons. The monoisotopic (exact) mass is 360 g/mol. The number of hydrogen-bond donors (Lipinski definition) is 1. The van der Waals surface area contributed by atoms with E-state index in [1.54, 1.807) is 47.4 Å². The second kappa shape index (κ2) is 7.44. The first kappa shape index (κ1) is 17.1. The molecule has 0 saturated carbocycles. The van der Waals surface area contributed by atoms with E-state index in [0.29, 0.717) is 34.4 Å². The van der Waals surface area contributed by atoms with Gasteiger partial charge in [0, 0.05) is 17.3 Å². The molecule has 0 aromatic heterocycles. The minimum Gasteiger partial charge on any atom is -0.484 e. The van der Waals surface area contributed by atoms with Gasteiger partial charge in [-0.2, -0.15) is 0 Å². The summed E-state index contributed by atoms with van der Waals surface area (Å²) in [6, 6.07) is 11.9. The lowest BCUT2D eigenvalue weighted by atomic mass is 10.2. The van der Waals surface area contributed by atoms with E-state index in [9.17, 15) is 9.59 Å². The van der Waals surface area contributed by atoms with Crippen molar-refractivity contribution in [2.24, 2.45) is 0 Å². The van der Waals surface area contributed by atoms with Gasteiger partial charge in [-0.3, -0.25) is 9.59 Å². The molecule has 1 N–H and O–H groups in total. The van der Waals surface area contributed by atoms with Gasteiger partial charge in [-0.15, -0.1) is 0 Å². The maximum atomic E-state index is 12.1. The second-order valence-electron chi connectivity index (χ2n) is 5.40. The highest BCUT2D eigenvalue weighted by Crippen LogP contribution is 2.34. The Bertz CT molecular complexity index is 792. The van der Waals surface area contributed by atoms with E-state index in [-0.39, 0.29) is 25.0 Å². The van der Waals surface area contributed by atoms with Crippen LogP contribution in [0.1, 0.15) is 6.92 Å². The normalized spacial score (nSPS) is 13.0. The molecule has 0 saturated heterocycles. The lowest BCUT2D eigenvalue weighted by molar-refractivity contribution is -0.121. The number of likely N-dealkylation sites (N-methyl/N-ethyl adjacent to an activating group) is 1. The van der Waals surface area contributed by atoms with Gasteiger partial charge in [0.15, 0.2) is 13.2 Å². The average Bonchev–Trinajstić information content (AvgIpc) is 2.61. The number of nitrogens with one attached hydrogen (secondary N) is 1. The Hall–Kier alpha value is -2.73. The molecule has 1 heterocycles. The molecule has 0 unspecified atom stereocenters. The molecule has 1 aliphatic heterocycles. The number of ether oxygens (including phenoxy) is 2. The first-order valence-corrected chi connectivity index (χ1v) is 8.20. The molecule has 7 heteroatoms. The number of nitrogens with zero attached hydrogens (tertiary/aromatic N) is 1. The Balaban J connectivity index is 1.64. The van der Waals surface area contributed by atoms with Crippen molar-refractivity contribution in [2.45, 2.75) is 6.92 Å². The molecular weight excluding hydrogens is 344 g/mol. The molecule has 3 rings (SSSR count). The van der Waals surface area contributed by atoms with Crippen molar-refractivity contribution in [3.05, 3.63) is 47.5 Å². The van der Waals surface area contributed by atoms with E-state index < -0.39 is 0 Å². The summed E-state index contributed by atoms with van der Waals surface area (Å²) < 4.78 is 10.8. The van der Waals surface area contributed by atoms with Crippen LogP contribution in [-0.2, 0) is 9.59 Å². The molecule has 0 aliphatic carbocycles. The topological polar surface area (TPSA) is 67.9 Å². The van der Waals surface area contributed by atoms with E-state index in [1.165, 1.54) is 0 Å².